The van der Waals surface area contributed by atoms with Gasteiger partial charge in [0.25, 0.3) is 0 Å². The second-order valence-electron chi connectivity index (χ2n) is 5.22. The van der Waals surface area contributed by atoms with Crippen LogP contribution in [0.2, 0.25) is 0 Å². The third-order valence-electron chi connectivity index (χ3n) is 3.01. The van der Waals surface area contributed by atoms with Crippen molar-refractivity contribution in [1.82, 2.24) is 10.2 Å². The summed E-state index contributed by atoms with van der Waals surface area (Å²) in [5.74, 6) is 0.782. The maximum Gasteiger partial charge on any atom is 0.0233 e. The minimum Gasteiger partial charge on any atom is -0.316 e. The van der Waals surface area contributed by atoms with Crippen LogP contribution in [-0.2, 0) is 13.1 Å². The van der Waals surface area contributed by atoms with Crippen LogP contribution in [0.25, 0.3) is 0 Å². The first-order valence-electron chi connectivity index (χ1n) is 6.53. The van der Waals surface area contributed by atoms with Crippen molar-refractivity contribution in [3.8, 4) is 0 Å². The highest BCUT2D eigenvalue weighted by molar-refractivity contribution is 5.26. The highest BCUT2D eigenvalue weighted by atomic mass is 15.1. The van der Waals surface area contributed by atoms with Crippen molar-refractivity contribution in [3.05, 3.63) is 35.4 Å². The van der Waals surface area contributed by atoms with Crippen molar-refractivity contribution in [3.63, 3.8) is 0 Å². The summed E-state index contributed by atoms with van der Waals surface area (Å²) in [5, 5.41) is 3.23. The number of nitrogens with zero attached hydrogens (tertiary/aromatic N) is 1. The standard InChI is InChI=1S/C15H26N2/c1-13(2)9-10-17(4)12-15-8-6-5-7-14(15)11-16-3/h5-8,13,16H,9-12H2,1-4H3. The molecule has 1 N–H and O–H groups in total. The van der Waals surface area contributed by atoms with Crippen LogP contribution in [0, 0.1) is 5.92 Å². The van der Waals surface area contributed by atoms with Crippen molar-refractivity contribution >= 4 is 0 Å². The molecule has 0 amide bonds. The van der Waals surface area contributed by atoms with E-state index in [-0.39, 0.29) is 0 Å². The highest BCUT2D eigenvalue weighted by Crippen LogP contribution is 2.12. The molecule has 0 fully saturated rings. The summed E-state index contributed by atoms with van der Waals surface area (Å²) in [6, 6.07) is 8.69. The number of hydrogen-bond acceptors (Lipinski definition) is 2. The molecule has 0 aliphatic heterocycles. The molecule has 0 spiro atoms. The maximum atomic E-state index is 3.23. The van der Waals surface area contributed by atoms with Gasteiger partial charge in [-0.25, -0.2) is 0 Å². The topological polar surface area (TPSA) is 15.3 Å². The lowest BCUT2D eigenvalue weighted by Crippen LogP contribution is -2.21. The van der Waals surface area contributed by atoms with Gasteiger partial charge in [0.15, 0.2) is 0 Å². The molecule has 0 atom stereocenters. The second kappa shape index (κ2) is 7.46. The third-order valence-corrected chi connectivity index (χ3v) is 3.01. The van der Waals surface area contributed by atoms with E-state index >= 15 is 0 Å². The summed E-state index contributed by atoms with van der Waals surface area (Å²) in [7, 11) is 4.21. The molecular weight excluding hydrogens is 208 g/mol. The van der Waals surface area contributed by atoms with Gasteiger partial charge >= 0.3 is 0 Å². The van der Waals surface area contributed by atoms with Crippen LogP contribution in [0.5, 0.6) is 0 Å². The fraction of sp³-hybridized carbons (Fsp3) is 0.600. The van der Waals surface area contributed by atoms with E-state index in [4.69, 9.17) is 0 Å². The van der Waals surface area contributed by atoms with Crippen molar-refractivity contribution in [1.29, 1.82) is 0 Å². The molecule has 0 saturated carbocycles. The van der Waals surface area contributed by atoms with Crippen molar-refractivity contribution in [2.24, 2.45) is 5.92 Å². The Kier molecular flexibility index (Phi) is 6.23. The molecule has 2 nitrogen and oxygen atoms in total. The maximum absolute atomic E-state index is 3.23. The van der Waals surface area contributed by atoms with E-state index in [1.54, 1.807) is 0 Å². The molecule has 1 rings (SSSR count). The Morgan fingerprint density at radius 3 is 2.41 bits per heavy atom. The summed E-state index contributed by atoms with van der Waals surface area (Å²) in [6.07, 6.45) is 1.27. The Morgan fingerprint density at radius 1 is 1.18 bits per heavy atom. The lowest BCUT2D eigenvalue weighted by atomic mass is 10.1. The van der Waals surface area contributed by atoms with E-state index in [1.165, 1.54) is 24.1 Å². The van der Waals surface area contributed by atoms with Gasteiger partial charge in [-0.1, -0.05) is 38.1 Å². The van der Waals surface area contributed by atoms with Crippen LogP contribution in [0.3, 0.4) is 0 Å². The van der Waals surface area contributed by atoms with E-state index in [1.807, 2.05) is 7.05 Å². The quantitative estimate of drug-likeness (QED) is 0.780. The number of hydrogen-bond donors (Lipinski definition) is 1. The molecular formula is C15H26N2. The van der Waals surface area contributed by atoms with Gasteiger partial charge < -0.3 is 10.2 Å². The molecule has 0 saturated heterocycles. The fourth-order valence-corrected chi connectivity index (χ4v) is 1.92. The molecule has 0 radical (unpaired) electrons. The summed E-state index contributed by atoms with van der Waals surface area (Å²) >= 11 is 0. The van der Waals surface area contributed by atoms with Crippen LogP contribution in [-0.4, -0.2) is 25.5 Å². The summed E-state index contributed by atoms with van der Waals surface area (Å²) in [5.41, 5.74) is 2.85. The van der Waals surface area contributed by atoms with E-state index in [0.717, 1.165) is 19.0 Å². The van der Waals surface area contributed by atoms with Gasteiger partial charge in [0.2, 0.25) is 0 Å². The van der Waals surface area contributed by atoms with E-state index in [2.05, 4.69) is 55.4 Å². The first kappa shape index (κ1) is 14.2. The molecule has 0 aliphatic carbocycles. The molecule has 0 unspecified atom stereocenters. The van der Waals surface area contributed by atoms with Crippen molar-refractivity contribution < 1.29 is 0 Å². The predicted octanol–water partition coefficient (Wildman–Crippen LogP) is 2.88. The van der Waals surface area contributed by atoms with Crippen LogP contribution < -0.4 is 5.32 Å². The molecule has 0 aromatic heterocycles. The predicted molar refractivity (Wildman–Crippen MR) is 75.0 cm³/mol. The zero-order valence-electron chi connectivity index (χ0n) is 11.7. The lowest BCUT2D eigenvalue weighted by Gasteiger charge is -2.19. The van der Waals surface area contributed by atoms with Gasteiger partial charge in [0.05, 0.1) is 0 Å². The lowest BCUT2D eigenvalue weighted by molar-refractivity contribution is 0.302. The Hall–Kier alpha value is -0.860. The van der Waals surface area contributed by atoms with Gasteiger partial charge in [-0.05, 0) is 44.1 Å². The Balaban J connectivity index is 2.54. The van der Waals surface area contributed by atoms with Gasteiger partial charge in [-0.3, -0.25) is 0 Å². The zero-order chi connectivity index (χ0) is 12.7. The second-order valence-corrected chi connectivity index (χ2v) is 5.22. The van der Waals surface area contributed by atoms with E-state index < -0.39 is 0 Å². The minimum absolute atomic E-state index is 0.782. The van der Waals surface area contributed by atoms with E-state index in [0.29, 0.717) is 0 Å². The average molecular weight is 234 g/mol. The largest absolute Gasteiger partial charge is 0.316 e. The number of benzene rings is 1. The molecule has 2 heteroatoms. The third kappa shape index (κ3) is 5.33. The number of rotatable bonds is 7. The summed E-state index contributed by atoms with van der Waals surface area (Å²) in [6.45, 7) is 7.73. The molecule has 1 aromatic rings. The average Bonchev–Trinajstić information content (AvgIpc) is 2.29. The number of nitrogens with one attached hydrogen (secondary N) is 1. The molecule has 0 heterocycles. The van der Waals surface area contributed by atoms with Crippen molar-refractivity contribution in [2.75, 3.05) is 20.6 Å². The minimum atomic E-state index is 0.782. The zero-order valence-corrected chi connectivity index (χ0v) is 11.7. The van der Waals surface area contributed by atoms with Crippen molar-refractivity contribution in [2.45, 2.75) is 33.4 Å². The van der Waals surface area contributed by atoms with Gasteiger partial charge in [-0.2, -0.15) is 0 Å². The van der Waals surface area contributed by atoms with Gasteiger partial charge in [-0.15, -0.1) is 0 Å². The van der Waals surface area contributed by atoms with Gasteiger partial charge in [0, 0.05) is 13.1 Å². The van der Waals surface area contributed by atoms with Crippen LogP contribution in [0.4, 0.5) is 0 Å². The van der Waals surface area contributed by atoms with E-state index in [9.17, 15) is 0 Å². The van der Waals surface area contributed by atoms with Crippen LogP contribution in [0.15, 0.2) is 24.3 Å². The SMILES string of the molecule is CNCc1ccccc1CN(C)CCC(C)C. The van der Waals surface area contributed by atoms with Crippen LogP contribution in [0.1, 0.15) is 31.4 Å². The monoisotopic (exact) mass is 234 g/mol. The smallest absolute Gasteiger partial charge is 0.0233 e. The Bertz CT molecular complexity index is 320. The summed E-state index contributed by atoms with van der Waals surface area (Å²) in [4.78, 5) is 2.41. The Labute approximate surface area is 106 Å². The molecule has 1 aromatic carbocycles. The molecule has 0 aliphatic rings. The fourth-order valence-electron chi connectivity index (χ4n) is 1.92. The Morgan fingerprint density at radius 2 is 1.82 bits per heavy atom. The highest BCUT2D eigenvalue weighted by Gasteiger charge is 2.05. The summed E-state index contributed by atoms with van der Waals surface area (Å²) < 4.78 is 0. The first-order valence-corrected chi connectivity index (χ1v) is 6.53. The van der Waals surface area contributed by atoms with Crippen LogP contribution >= 0.6 is 0 Å². The molecule has 0 bridgehead atoms. The van der Waals surface area contributed by atoms with Gasteiger partial charge in [0.1, 0.15) is 0 Å². The normalized spacial score (nSPS) is 11.4. The molecule has 17 heavy (non-hydrogen) atoms. The first-order chi connectivity index (χ1) is 8.13. The molecule has 96 valence electrons.